The molecule has 1 aliphatic rings. The van der Waals surface area contributed by atoms with Crippen molar-refractivity contribution in [3.63, 3.8) is 0 Å². The van der Waals surface area contributed by atoms with Crippen LogP contribution in [-0.4, -0.2) is 61.7 Å². The highest BCUT2D eigenvalue weighted by atomic mass is 35.5. The molecule has 27 heavy (non-hydrogen) atoms. The average molecular weight is 413 g/mol. The van der Waals surface area contributed by atoms with Crippen LogP contribution in [0.1, 0.15) is 36.2 Å². The molecule has 1 aromatic heterocycles. The molecule has 0 saturated carbocycles. The van der Waals surface area contributed by atoms with E-state index < -0.39 is 15.9 Å². The molecule has 1 aliphatic heterocycles. The standard InChI is InChI=1S/C18H25ClN4O3S/c1-22(2)10-8-13-5-3-4-9-23(13)27(25,26)17-14-11-12(19)6-7-15(14)21-16(17)18(20)24/h6-7,11,13,21H,3-5,8-10H2,1-2H3,(H2,20,24). The number of nitrogens with zero attached hydrogens (tertiary/aromatic N) is 2. The molecule has 1 saturated heterocycles. The number of aromatic nitrogens is 1. The fourth-order valence-corrected chi connectivity index (χ4v) is 5.92. The first-order chi connectivity index (χ1) is 12.7. The molecule has 2 heterocycles. The average Bonchev–Trinajstić information content (AvgIpc) is 2.99. The van der Waals surface area contributed by atoms with Gasteiger partial charge in [-0.25, -0.2) is 8.42 Å². The Balaban J connectivity index is 2.11. The summed E-state index contributed by atoms with van der Waals surface area (Å²) in [6.45, 7) is 1.23. The van der Waals surface area contributed by atoms with Gasteiger partial charge in [0.05, 0.1) is 0 Å². The van der Waals surface area contributed by atoms with Crippen LogP contribution >= 0.6 is 11.6 Å². The third kappa shape index (κ3) is 3.99. The zero-order chi connectivity index (χ0) is 19.8. The second-order valence-corrected chi connectivity index (χ2v) is 9.50. The molecule has 1 unspecified atom stereocenters. The van der Waals surface area contributed by atoms with E-state index in [1.165, 1.54) is 4.31 Å². The molecular formula is C18H25ClN4O3S. The number of carbonyl (C=O) groups is 1. The van der Waals surface area contributed by atoms with Crippen molar-refractivity contribution in [1.82, 2.24) is 14.2 Å². The number of hydrogen-bond acceptors (Lipinski definition) is 4. The van der Waals surface area contributed by atoms with Crippen molar-refractivity contribution >= 4 is 38.4 Å². The normalized spacial score (nSPS) is 19.0. The third-order valence-corrected chi connectivity index (χ3v) is 7.28. The molecular weight excluding hydrogens is 388 g/mol. The Morgan fingerprint density at radius 1 is 1.37 bits per heavy atom. The highest BCUT2D eigenvalue weighted by Gasteiger charge is 2.37. The second kappa shape index (κ2) is 7.79. The molecule has 0 aliphatic carbocycles. The highest BCUT2D eigenvalue weighted by Crippen LogP contribution is 2.34. The highest BCUT2D eigenvalue weighted by molar-refractivity contribution is 7.89. The molecule has 9 heteroatoms. The number of sulfonamides is 1. The zero-order valence-corrected chi connectivity index (χ0v) is 17.1. The summed E-state index contributed by atoms with van der Waals surface area (Å²) in [6.07, 6.45) is 3.34. The fourth-order valence-electron chi connectivity index (χ4n) is 3.68. The number of rotatable bonds is 6. The summed E-state index contributed by atoms with van der Waals surface area (Å²) in [7, 11) is 0.0229. The molecule has 148 valence electrons. The number of fused-ring (bicyclic) bond motifs is 1. The number of benzene rings is 1. The Hall–Kier alpha value is -1.61. The van der Waals surface area contributed by atoms with Gasteiger partial charge in [0.25, 0.3) is 5.91 Å². The van der Waals surface area contributed by atoms with Crippen LogP contribution in [0.3, 0.4) is 0 Å². The van der Waals surface area contributed by atoms with Crippen molar-refractivity contribution in [2.75, 3.05) is 27.2 Å². The van der Waals surface area contributed by atoms with Gasteiger partial charge in [-0.2, -0.15) is 4.31 Å². The zero-order valence-electron chi connectivity index (χ0n) is 15.5. The maximum absolute atomic E-state index is 13.6. The molecule has 1 aromatic carbocycles. The van der Waals surface area contributed by atoms with Gasteiger partial charge in [-0.3, -0.25) is 4.79 Å². The van der Waals surface area contributed by atoms with Crippen LogP contribution in [0.4, 0.5) is 0 Å². The molecule has 0 spiro atoms. The monoisotopic (exact) mass is 412 g/mol. The summed E-state index contributed by atoms with van der Waals surface area (Å²) in [5.74, 6) is -0.803. The van der Waals surface area contributed by atoms with E-state index in [1.54, 1.807) is 18.2 Å². The summed E-state index contributed by atoms with van der Waals surface area (Å²) in [5.41, 5.74) is 5.91. The van der Waals surface area contributed by atoms with Crippen LogP contribution in [0.2, 0.25) is 5.02 Å². The molecule has 3 N–H and O–H groups in total. The number of nitrogens with one attached hydrogen (secondary N) is 1. The van der Waals surface area contributed by atoms with E-state index in [4.69, 9.17) is 17.3 Å². The van der Waals surface area contributed by atoms with Crippen molar-refractivity contribution in [1.29, 1.82) is 0 Å². The SMILES string of the molecule is CN(C)CCC1CCCCN1S(=O)(=O)c1c(C(N)=O)[nH]c2ccc(Cl)cc12. The molecule has 1 fully saturated rings. The molecule has 0 bridgehead atoms. The number of hydrogen-bond donors (Lipinski definition) is 2. The van der Waals surface area contributed by atoms with Gasteiger partial charge in [0.15, 0.2) is 0 Å². The van der Waals surface area contributed by atoms with Gasteiger partial charge < -0.3 is 15.6 Å². The summed E-state index contributed by atoms with van der Waals surface area (Å²) in [5, 5.41) is 0.796. The lowest BCUT2D eigenvalue weighted by atomic mass is 10.0. The van der Waals surface area contributed by atoms with Gasteiger partial charge in [-0.1, -0.05) is 18.0 Å². The summed E-state index contributed by atoms with van der Waals surface area (Å²) >= 11 is 6.08. The Morgan fingerprint density at radius 3 is 2.78 bits per heavy atom. The largest absolute Gasteiger partial charge is 0.364 e. The number of nitrogens with two attached hydrogens (primary N) is 1. The van der Waals surface area contributed by atoms with Gasteiger partial charge >= 0.3 is 0 Å². The first kappa shape index (κ1) is 20.1. The van der Waals surface area contributed by atoms with Gasteiger partial charge in [0.2, 0.25) is 10.0 Å². The summed E-state index contributed by atoms with van der Waals surface area (Å²) in [6, 6.07) is 4.76. The van der Waals surface area contributed by atoms with E-state index >= 15 is 0 Å². The van der Waals surface area contributed by atoms with Crippen molar-refractivity contribution < 1.29 is 13.2 Å². The van der Waals surface area contributed by atoms with Crippen LogP contribution in [0.15, 0.2) is 23.1 Å². The maximum Gasteiger partial charge on any atom is 0.266 e. The number of carbonyl (C=O) groups excluding carboxylic acids is 1. The Kier molecular flexibility index (Phi) is 5.81. The molecule has 1 atom stereocenters. The lowest BCUT2D eigenvalue weighted by molar-refractivity contribution is 0.0993. The molecule has 7 nitrogen and oxygen atoms in total. The number of H-pyrrole nitrogens is 1. The lowest BCUT2D eigenvalue weighted by Crippen LogP contribution is -2.45. The Labute approximate surface area is 164 Å². The third-order valence-electron chi connectivity index (χ3n) is 5.01. The van der Waals surface area contributed by atoms with Crippen molar-refractivity contribution in [3.05, 3.63) is 28.9 Å². The number of primary amides is 1. The summed E-state index contributed by atoms with van der Waals surface area (Å²) < 4.78 is 28.7. The van der Waals surface area contributed by atoms with E-state index in [1.807, 2.05) is 19.0 Å². The van der Waals surface area contributed by atoms with Gasteiger partial charge in [0.1, 0.15) is 10.6 Å². The van der Waals surface area contributed by atoms with Crippen LogP contribution < -0.4 is 5.73 Å². The fraction of sp³-hybridized carbons (Fsp3) is 0.500. The topological polar surface area (TPSA) is 99.5 Å². The first-order valence-electron chi connectivity index (χ1n) is 8.99. The van der Waals surface area contributed by atoms with E-state index in [9.17, 15) is 13.2 Å². The predicted molar refractivity (Wildman–Crippen MR) is 107 cm³/mol. The molecule has 2 aromatic rings. The molecule has 1 amide bonds. The van der Waals surface area contributed by atoms with Crippen molar-refractivity contribution in [2.45, 2.75) is 36.6 Å². The molecule has 3 rings (SSSR count). The Morgan fingerprint density at radius 2 is 2.11 bits per heavy atom. The van der Waals surface area contributed by atoms with Crippen molar-refractivity contribution in [3.8, 4) is 0 Å². The quantitative estimate of drug-likeness (QED) is 0.760. The van der Waals surface area contributed by atoms with Crippen LogP contribution in [0, 0.1) is 0 Å². The minimum absolute atomic E-state index is 0.0655. The first-order valence-corrected chi connectivity index (χ1v) is 10.8. The van der Waals surface area contributed by atoms with E-state index in [2.05, 4.69) is 4.98 Å². The minimum atomic E-state index is -3.91. The number of halogens is 1. The van der Waals surface area contributed by atoms with E-state index in [0.717, 1.165) is 32.2 Å². The number of aromatic amines is 1. The number of piperidine rings is 1. The summed E-state index contributed by atoms with van der Waals surface area (Å²) in [4.78, 5) is 16.8. The van der Waals surface area contributed by atoms with E-state index in [-0.39, 0.29) is 16.6 Å². The maximum atomic E-state index is 13.6. The van der Waals surface area contributed by atoms with Gasteiger partial charge in [0, 0.05) is 28.5 Å². The lowest BCUT2D eigenvalue weighted by Gasteiger charge is -2.35. The molecule has 0 radical (unpaired) electrons. The van der Waals surface area contributed by atoms with Gasteiger partial charge in [-0.15, -0.1) is 0 Å². The number of amides is 1. The van der Waals surface area contributed by atoms with E-state index in [0.29, 0.717) is 22.5 Å². The Bertz CT molecular complexity index is 955. The van der Waals surface area contributed by atoms with Crippen molar-refractivity contribution in [2.24, 2.45) is 5.73 Å². The van der Waals surface area contributed by atoms with Crippen LogP contribution in [-0.2, 0) is 10.0 Å². The van der Waals surface area contributed by atoms with Crippen LogP contribution in [0.5, 0.6) is 0 Å². The predicted octanol–water partition coefficient (Wildman–Crippen LogP) is 2.42. The van der Waals surface area contributed by atoms with Gasteiger partial charge in [-0.05, 0) is 58.1 Å². The minimum Gasteiger partial charge on any atom is -0.364 e. The smallest absolute Gasteiger partial charge is 0.266 e. The second-order valence-electron chi connectivity index (χ2n) is 7.24. The van der Waals surface area contributed by atoms with Crippen LogP contribution in [0.25, 0.3) is 10.9 Å².